The van der Waals surface area contributed by atoms with Crippen LogP contribution in [0.2, 0.25) is 5.02 Å². The van der Waals surface area contributed by atoms with Gasteiger partial charge in [0.25, 0.3) is 11.6 Å². The number of aryl methyl sites for hydroxylation is 1. The summed E-state index contributed by atoms with van der Waals surface area (Å²) in [5.74, 6) is -0.383. The fraction of sp³-hybridized carbons (Fsp3) is 0.250. The highest BCUT2D eigenvalue weighted by Crippen LogP contribution is 2.32. The minimum absolute atomic E-state index is 0.0603. The Morgan fingerprint density at radius 1 is 1.30 bits per heavy atom. The number of nitrogens with one attached hydrogen (secondary N) is 2. The van der Waals surface area contributed by atoms with E-state index in [0.717, 1.165) is 6.07 Å². The van der Waals surface area contributed by atoms with Gasteiger partial charge >= 0.3 is 6.18 Å². The van der Waals surface area contributed by atoms with E-state index in [1.807, 2.05) is 0 Å². The fourth-order valence-corrected chi connectivity index (χ4v) is 2.42. The zero-order chi connectivity index (χ0) is 20.2. The molecule has 7 nitrogen and oxygen atoms in total. The molecule has 27 heavy (non-hydrogen) atoms. The maximum absolute atomic E-state index is 12.5. The summed E-state index contributed by atoms with van der Waals surface area (Å²) in [4.78, 5) is 25.9. The van der Waals surface area contributed by atoms with Crippen LogP contribution in [0, 0.1) is 17.0 Å². The summed E-state index contributed by atoms with van der Waals surface area (Å²) in [6.07, 6.45) is -3.88. The van der Waals surface area contributed by atoms with Crippen LogP contribution in [0.4, 0.5) is 24.7 Å². The van der Waals surface area contributed by atoms with E-state index in [9.17, 15) is 28.1 Å². The van der Waals surface area contributed by atoms with Crippen LogP contribution < -0.4 is 10.6 Å². The molecule has 1 heterocycles. The second kappa shape index (κ2) is 8.21. The van der Waals surface area contributed by atoms with Gasteiger partial charge < -0.3 is 10.6 Å². The van der Waals surface area contributed by atoms with Crippen LogP contribution in [-0.4, -0.2) is 28.9 Å². The van der Waals surface area contributed by atoms with Gasteiger partial charge in [0.05, 0.1) is 15.5 Å². The SMILES string of the molecule is Cc1cc(C(=O)NCCNc2ncc(C(F)(F)F)cc2Cl)ccc1[N+](=O)[O-]. The standard InChI is InChI=1S/C16H14ClF3N4O3/c1-9-6-10(2-3-13(9)24(26)27)15(25)22-5-4-21-14-12(17)7-11(8-23-14)16(18,19)20/h2-3,6-8H,4-5H2,1H3,(H,21,23)(H,22,25). The first-order chi connectivity index (χ1) is 12.6. The van der Waals surface area contributed by atoms with Gasteiger partial charge in [-0.05, 0) is 25.1 Å². The molecule has 0 spiro atoms. The average Bonchev–Trinajstić information content (AvgIpc) is 2.58. The summed E-state index contributed by atoms with van der Waals surface area (Å²) >= 11 is 5.76. The number of rotatable bonds is 6. The molecule has 0 aliphatic carbocycles. The van der Waals surface area contributed by atoms with E-state index in [4.69, 9.17) is 11.6 Å². The highest BCUT2D eigenvalue weighted by molar-refractivity contribution is 6.32. The number of anilines is 1. The number of nitro groups is 1. The molecule has 0 atom stereocenters. The monoisotopic (exact) mass is 402 g/mol. The third kappa shape index (κ3) is 5.30. The molecule has 1 amide bonds. The van der Waals surface area contributed by atoms with Gasteiger partial charge in [0, 0.05) is 36.5 Å². The molecule has 0 saturated carbocycles. The highest BCUT2D eigenvalue weighted by Gasteiger charge is 2.31. The van der Waals surface area contributed by atoms with Gasteiger partial charge in [-0.3, -0.25) is 14.9 Å². The lowest BCUT2D eigenvalue weighted by Gasteiger charge is -2.11. The smallest absolute Gasteiger partial charge is 0.367 e. The fourth-order valence-electron chi connectivity index (χ4n) is 2.18. The predicted octanol–water partition coefficient (Wildman–Crippen LogP) is 3.81. The molecule has 2 aromatic rings. The van der Waals surface area contributed by atoms with Crippen molar-refractivity contribution in [2.24, 2.45) is 0 Å². The largest absolute Gasteiger partial charge is 0.417 e. The molecule has 1 aromatic heterocycles. The molecular weight excluding hydrogens is 389 g/mol. The molecule has 0 radical (unpaired) electrons. The number of nitro benzene ring substituents is 1. The van der Waals surface area contributed by atoms with Crippen molar-refractivity contribution in [1.82, 2.24) is 10.3 Å². The molecule has 2 N–H and O–H groups in total. The summed E-state index contributed by atoms with van der Waals surface area (Å²) in [7, 11) is 0. The average molecular weight is 403 g/mol. The van der Waals surface area contributed by atoms with E-state index >= 15 is 0 Å². The van der Waals surface area contributed by atoms with E-state index in [1.54, 1.807) is 0 Å². The third-order valence-corrected chi connectivity index (χ3v) is 3.82. The van der Waals surface area contributed by atoms with E-state index in [1.165, 1.54) is 25.1 Å². The summed E-state index contributed by atoms with van der Waals surface area (Å²) < 4.78 is 37.6. The number of benzene rings is 1. The molecule has 144 valence electrons. The van der Waals surface area contributed by atoms with Gasteiger partial charge in [-0.2, -0.15) is 13.2 Å². The van der Waals surface area contributed by atoms with Gasteiger partial charge in [-0.15, -0.1) is 0 Å². The van der Waals surface area contributed by atoms with E-state index < -0.39 is 22.6 Å². The maximum Gasteiger partial charge on any atom is 0.417 e. The first kappa shape index (κ1) is 20.4. The van der Waals surface area contributed by atoms with Crippen molar-refractivity contribution in [1.29, 1.82) is 0 Å². The number of halogens is 4. The van der Waals surface area contributed by atoms with E-state index in [0.29, 0.717) is 11.8 Å². The van der Waals surface area contributed by atoms with Crippen molar-refractivity contribution in [3.63, 3.8) is 0 Å². The predicted molar refractivity (Wildman–Crippen MR) is 92.9 cm³/mol. The molecule has 0 bridgehead atoms. The second-order valence-electron chi connectivity index (χ2n) is 5.49. The van der Waals surface area contributed by atoms with Crippen LogP contribution in [-0.2, 0) is 6.18 Å². The molecule has 0 saturated heterocycles. The first-order valence-electron chi connectivity index (χ1n) is 7.59. The number of pyridine rings is 1. The number of alkyl halides is 3. The van der Waals surface area contributed by atoms with Crippen LogP contribution in [0.5, 0.6) is 0 Å². The number of aromatic nitrogens is 1. The summed E-state index contributed by atoms with van der Waals surface area (Å²) in [5, 5.41) is 15.9. The second-order valence-corrected chi connectivity index (χ2v) is 5.90. The van der Waals surface area contributed by atoms with Crippen LogP contribution in [0.3, 0.4) is 0 Å². The number of nitrogens with zero attached hydrogens (tertiary/aromatic N) is 2. The molecule has 0 unspecified atom stereocenters. The lowest BCUT2D eigenvalue weighted by molar-refractivity contribution is -0.385. The lowest BCUT2D eigenvalue weighted by Crippen LogP contribution is -2.29. The normalized spacial score (nSPS) is 11.1. The summed E-state index contributed by atoms with van der Waals surface area (Å²) in [6, 6.07) is 4.74. The van der Waals surface area contributed by atoms with Crippen molar-refractivity contribution in [3.8, 4) is 0 Å². The number of hydrogen-bond donors (Lipinski definition) is 2. The quantitative estimate of drug-likeness (QED) is 0.435. The Morgan fingerprint density at radius 3 is 2.56 bits per heavy atom. The minimum atomic E-state index is -4.54. The Balaban J connectivity index is 1.89. The molecule has 1 aromatic carbocycles. The Morgan fingerprint density at radius 2 is 2.00 bits per heavy atom. The first-order valence-corrected chi connectivity index (χ1v) is 7.97. The van der Waals surface area contributed by atoms with Gasteiger partial charge in [-0.1, -0.05) is 11.6 Å². The third-order valence-electron chi connectivity index (χ3n) is 3.53. The maximum atomic E-state index is 12.5. The minimum Gasteiger partial charge on any atom is -0.367 e. The Kier molecular flexibility index (Phi) is 6.21. The molecule has 0 aliphatic rings. The molecular formula is C16H14ClF3N4O3. The van der Waals surface area contributed by atoms with Crippen molar-refractivity contribution in [3.05, 3.63) is 62.3 Å². The van der Waals surface area contributed by atoms with Gasteiger partial charge in [-0.25, -0.2) is 4.98 Å². The van der Waals surface area contributed by atoms with Crippen molar-refractivity contribution >= 4 is 29.0 Å². The van der Waals surface area contributed by atoms with E-state index in [-0.39, 0.29) is 35.2 Å². The Bertz CT molecular complexity index is 874. The Hall–Kier alpha value is -2.88. The van der Waals surface area contributed by atoms with Gasteiger partial charge in [0.2, 0.25) is 0 Å². The number of carbonyl (C=O) groups is 1. The van der Waals surface area contributed by atoms with Gasteiger partial charge in [0.15, 0.2) is 0 Å². The topological polar surface area (TPSA) is 97.2 Å². The number of hydrogen-bond acceptors (Lipinski definition) is 5. The zero-order valence-corrected chi connectivity index (χ0v) is 14.7. The molecule has 0 fully saturated rings. The molecule has 11 heteroatoms. The van der Waals surface area contributed by atoms with E-state index in [2.05, 4.69) is 15.6 Å². The highest BCUT2D eigenvalue weighted by atomic mass is 35.5. The Labute approximate surface area is 156 Å². The van der Waals surface area contributed by atoms with Crippen molar-refractivity contribution < 1.29 is 22.9 Å². The van der Waals surface area contributed by atoms with Crippen LogP contribution in [0.1, 0.15) is 21.5 Å². The zero-order valence-electron chi connectivity index (χ0n) is 13.9. The number of amides is 1. The van der Waals surface area contributed by atoms with Crippen LogP contribution in [0.25, 0.3) is 0 Å². The lowest BCUT2D eigenvalue weighted by atomic mass is 10.1. The van der Waals surface area contributed by atoms with Crippen molar-refractivity contribution in [2.45, 2.75) is 13.1 Å². The van der Waals surface area contributed by atoms with Crippen LogP contribution >= 0.6 is 11.6 Å². The summed E-state index contributed by atoms with van der Waals surface area (Å²) in [5.41, 5.74) is -0.438. The molecule has 0 aliphatic heterocycles. The van der Waals surface area contributed by atoms with Gasteiger partial charge in [0.1, 0.15) is 5.82 Å². The molecule has 2 rings (SSSR count). The summed E-state index contributed by atoms with van der Waals surface area (Å²) in [6.45, 7) is 1.82. The van der Waals surface area contributed by atoms with Crippen molar-refractivity contribution in [2.75, 3.05) is 18.4 Å². The van der Waals surface area contributed by atoms with Crippen LogP contribution in [0.15, 0.2) is 30.5 Å². The number of carbonyl (C=O) groups excluding carboxylic acids is 1.